The number of rotatable bonds is 5. The minimum Gasteiger partial charge on any atom is -0.355 e. The smallest absolute Gasteiger partial charge is 0.206 e. The number of nitrogens with one attached hydrogen (secondary N) is 2. The lowest BCUT2D eigenvalue weighted by molar-refractivity contribution is 0.627. The van der Waals surface area contributed by atoms with Gasteiger partial charge in [0.05, 0.1) is 11.6 Å². The average Bonchev–Trinajstić information content (AvgIpc) is 2.37. The third-order valence-corrected chi connectivity index (χ3v) is 2.65. The van der Waals surface area contributed by atoms with Gasteiger partial charge in [-0.25, -0.2) is 15.2 Å². The summed E-state index contributed by atoms with van der Waals surface area (Å²) in [5.41, 5.74) is 3.31. The van der Waals surface area contributed by atoms with Crippen LogP contribution in [0, 0.1) is 5.82 Å². The second-order valence-electron chi connectivity index (χ2n) is 3.84. The molecule has 1 rings (SSSR count). The first-order valence-electron chi connectivity index (χ1n) is 5.86. The molecule has 0 amide bonds. The van der Waals surface area contributed by atoms with Crippen molar-refractivity contribution in [3.63, 3.8) is 0 Å². The van der Waals surface area contributed by atoms with Gasteiger partial charge in [0.1, 0.15) is 5.82 Å². The van der Waals surface area contributed by atoms with Gasteiger partial charge < -0.3 is 5.32 Å². The van der Waals surface area contributed by atoms with Crippen molar-refractivity contribution in [2.24, 2.45) is 10.8 Å². The Morgan fingerprint density at radius 3 is 2.89 bits per heavy atom. The second kappa shape index (κ2) is 7.89. The zero-order valence-electron chi connectivity index (χ0n) is 10.3. The number of unbranched alkanes of at least 4 members (excludes halogenated alkanes) is 1. The molecule has 0 fully saturated rings. The predicted molar refractivity (Wildman–Crippen MR) is 72.8 cm³/mol. The van der Waals surface area contributed by atoms with Crippen LogP contribution in [0.2, 0.25) is 5.02 Å². The molecule has 6 heteroatoms. The molecule has 100 valence electrons. The number of nitrogens with two attached hydrogens (primary N) is 1. The fourth-order valence-corrected chi connectivity index (χ4v) is 1.55. The molecule has 4 N–H and O–H groups in total. The Labute approximate surface area is 111 Å². The minimum absolute atomic E-state index is 0.101. The van der Waals surface area contributed by atoms with Crippen LogP contribution in [0.5, 0.6) is 0 Å². The molecule has 0 aliphatic rings. The van der Waals surface area contributed by atoms with Crippen molar-refractivity contribution in [1.29, 1.82) is 0 Å². The molecule has 1 aromatic rings. The van der Waals surface area contributed by atoms with Crippen molar-refractivity contribution in [2.45, 2.75) is 26.3 Å². The van der Waals surface area contributed by atoms with E-state index in [1.165, 1.54) is 6.07 Å². The van der Waals surface area contributed by atoms with E-state index in [0.717, 1.165) is 24.9 Å². The maximum atomic E-state index is 13.0. The van der Waals surface area contributed by atoms with Crippen molar-refractivity contribution in [3.8, 4) is 0 Å². The van der Waals surface area contributed by atoms with Gasteiger partial charge in [0, 0.05) is 6.54 Å². The number of hydrogen-bond acceptors (Lipinski definition) is 2. The summed E-state index contributed by atoms with van der Waals surface area (Å²) in [5.74, 6) is 5.43. The van der Waals surface area contributed by atoms with Crippen molar-refractivity contribution in [2.75, 3.05) is 6.54 Å². The molecule has 0 aromatic heterocycles. The van der Waals surface area contributed by atoms with Gasteiger partial charge >= 0.3 is 0 Å². The van der Waals surface area contributed by atoms with Gasteiger partial charge in [0.25, 0.3) is 0 Å². The van der Waals surface area contributed by atoms with Crippen molar-refractivity contribution in [3.05, 3.63) is 34.6 Å². The van der Waals surface area contributed by atoms with Crippen molar-refractivity contribution in [1.82, 2.24) is 10.7 Å². The summed E-state index contributed by atoms with van der Waals surface area (Å²) < 4.78 is 13.0. The molecule has 0 bridgehead atoms. The Bertz CT molecular complexity index is 409. The fraction of sp³-hybridized carbons (Fsp3) is 0.417. The molecule has 18 heavy (non-hydrogen) atoms. The van der Waals surface area contributed by atoms with Crippen LogP contribution in [-0.4, -0.2) is 12.5 Å². The number of guanidine groups is 1. The summed E-state index contributed by atoms with van der Waals surface area (Å²) in [6.45, 7) is 3.30. The molecule has 0 atom stereocenters. The van der Waals surface area contributed by atoms with Gasteiger partial charge in [0.15, 0.2) is 0 Å². The van der Waals surface area contributed by atoms with E-state index in [1.807, 2.05) is 0 Å². The summed E-state index contributed by atoms with van der Waals surface area (Å²) in [6.07, 6.45) is 2.14. The zero-order valence-corrected chi connectivity index (χ0v) is 11.1. The van der Waals surface area contributed by atoms with Crippen LogP contribution in [0.25, 0.3) is 0 Å². The number of hydrazine groups is 1. The quantitative estimate of drug-likeness (QED) is 0.253. The van der Waals surface area contributed by atoms with Crippen LogP contribution in [0.3, 0.4) is 0 Å². The zero-order chi connectivity index (χ0) is 13.4. The Balaban J connectivity index is 2.56. The number of halogens is 2. The van der Waals surface area contributed by atoms with Crippen LogP contribution in [0.4, 0.5) is 4.39 Å². The topological polar surface area (TPSA) is 62.4 Å². The number of nitrogens with zero attached hydrogens (tertiary/aromatic N) is 1. The van der Waals surface area contributed by atoms with E-state index < -0.39 is 5.82 Å². The third-order valence-electron chi connectivity index (χ3n) is 2.36. The van der Waals surface area contributed by atoms with Gasteiger partial charge in [-0.2, -0.15) is 0 Å². The lowest BCUT2D eigenvalue weighted by Crippen LogP contribution is -2.41. The van der Waals surface area contributed by atoms with E-state index in [-0.39, 0.29) is 5.02 Å². The number of benzene rings is 1. The van der Waals surface area contributed by atoms with Crippen LogP contribution in [0.15, 0.2) is 23.2 Å². The first-order chi connectivity index (χ1) is 8.67. The molecule has 0 saturated heterocycles. The van der Waals surface area contributed by atoms with E-state index in [9.17, 15) is 4.39 Å². The standard InChI is InChI=1S/C12H18ClFN4/c1-2-3-6-16-12(18-15)17-8-9-4-5-11(14)10(13)7-9/h4-5,7H,2-3,6,8,15H2,1H3,(H2,16,17,18). The molecule has 0 aliphatic carbocycles. The third kappa shape index (κ3) is 4.89. The van der Waals surface area contributed by atoms with E-state index in [4.69, 9.17) is 17.4 Å². The molecule has 1 aromatic carbocycles. The molecule has 0 unspecified atom stereocenters. The summed E-state index contributed by atoms with van der Waals surface area (Å²) in [6, 6.07) is 4.53. The molecular weight excluding hydrogens is 255 g/mol. The first-order valence-corrected chi connectivity index (χ1v) is 6.24. The summed E-state index contributed by atoms with van der Waals surface area (Å²) in [5, 5.41) is 3.17. The van der Waals surface area contributed by atoms with E-state index in [0.29, 0.717) is 12.5 Å². The normalized spacial score (nSPS) is 11.4. The Kier molecular flexibility index (Phi) is 6.46. The lowest BCUT2D eigenvalue weighted by Gasteiger charge is -2.08. The largest absolute Gasteiger partial charge is 0.355 e. The van der Waals surface area contributed by atoms with Crippen LogP contribution in [0.1, 0.15) is 25.3 Å². The maximum Gasteiger partial charge on any atom is 0.206 e. The first kappa shape index (κ1) is 14.7. The SMILES string of the molecule is CCCCNC(=NCc1ccc(F)c(Cl)c1)NN. The molecule has 0 spiro atoms. The van der Waals surface area contributed by atoms with Crippen molar-refractivity contribution < 1.29 is 4.39 Å². The molecular formula is C12H18ClFN4. The highest BCUT2D eigenvalue weighted by Gasteiger charge is 2.01. The van der Waals surface area contributed by atoms with E-state index in [2.05, 4.69) is 22.7 Å². The van der Waals surface area contributed by atoms with E-state index >= 15 is 0 Å². The highest BCUT2D eigenvalue weighted by molar-refractivity contribution is 6.30. The minimum atomic E-state index is -0.428. The Morgan fingerprint density at radius 1 is 1.50 bits per heavy atom. The second-order valence-corrected chi connectivity index (χ2v) is 4.25. The molecule has 4 nitrogen and oxygen atoms in total. The predicted octanol–water partition coefficient (Wildman–Crippen LogP) is 2.19. The van der Waals surface area contributed by atoms with Gasteiger partial charge in [-0.15, -0.1) is 0 Å². The number of hydrogen-bond donors (Lipinski definition) is 3. The average molecular weight is 273 g/mol. The van der Waals surface area contributed by atoms with Crippen LogP contribution < -0.4 is 16.6 Å². The highest BCUT2D eigenvalue weighted by atomic mass is 35.5. The molecule has 0 radical (unpaired) electrons. The van der Waals surface area contributed by atoms with Gasteiger partial charge in [0.2, 0.25) is 5.96 Å². The van der Waals surface area contributed by atoms with Gasteiger partial charge in [-0.3, -0.25) is 5.43 Å². The molecule has 0 saturated carbocycles. The van der Waals surface area contributed by atoms with E-state index in [1.54, 1.807) is 12.1 Å². The summed E-state index contributed by atoms with van der Waals surface area (Å²) >= 11 is 5.69. The van der Waals surface area contributed by atoms with Gasteiger partial charge in [-0.1, -0.05) is 31.0 Å². The van der Waals surface area contributed by atoms with Gasteiger partial charge in [-0.05, 0) is 24.1 Å². The summed E-state index contributed by atoms with van der Waals surface area (Å²) in [4.78, 5) is 4.24. The van der Waals surface area contributed by atoms with Crippen LogP contribution >= 0.6 is 11.6 Å². The molecule has 0 aliphatic heterocycles. The highest BCUT2D eigenvalue weighted by Crippen LogP contribution is 2.16. The van der Waals surface area contributed by atoms with Crippen LogP contribution in [-0.2, 0) is 6.54 Å². The maximum absolute atomic E-state index is 13.0. The Morgan fingerprint density at radius 2 is 2.28 bits per heavy atom. The lowest BCUT2D eigenvalue weighted by atomic mass is 10.2. The number of aliphatic imine (C=N–C) groups is 1. The molecule has 0 heterocycles. The Hall–Kier alpha value is -1.33. The van der Waals surface area contributed by atoms with Crippen molar-refractivity contribution >= 4 is 17.6 Å². The summed E-state index contributed by atoms with van der Waals surface area (Å²) in [7, 11) is 0. The monoisotopic (exact) mass is 272 g/mol. The fourth-order valence-electron chi connectivity index (χ4n) is 1.34.